The first kappa shape index (κ1) is 21.6. The number of benzene rings is 1. The number of ether oxygens (including phenoxy) is 1. The Bertz CT molecular complexity index is 1040. The van der Waals surface area contributed by atoms with Gasteiger partial charge in [0.15, 0.2) is 11.6 Å². The van der Waals surface area contributed by atoms with Crippen molar-refractivity contribution >= 4 is 28.5 Å². The zero-order valence-electron chi connectivity index (χ0n) is 16.8. The van der Waals surface area contributed by atoms with E-state index in [4.69, 9.17) is 14.6 Å². The molecule has 1 aromatic carbocycles. The van der Waals surface area contributed by atoms with Crippen LogP contribution in [0.25, 0.3) is 10.9 Å². The van der Waals surface area contributed by atoms with Crippen molar-refractivity contribution < 1.29 is 28.9 Å². The summed E-state index contributed by atoms with van der Waals surface area (Å²) >= 11 is 0. The molecule has 1 saturated carbocycles. The zero-order chi connectivity index (χ0) is 22.0. The quantitative estimate of drug-likeness (QED) is 0.682. The molecule has 2 aromatic rings. The van der Waals surface area contributed by atoms with Crippen LogP contribution in [0.3, 0.4) is 0 Å². The van der Waals surface area contributed by atoms with Crippen LogP contribution in [-0.4, -0.2) is 60.0 Å². The van der Waals surface area contributed by atoms with Gasteiger partial charge in [0.25, 0.3) is 5.97 Å². The van der Waals surface area contributed by atoms with Gasteiger partial charge >= 0.3 is 5.97 Å². The minimum atomic E-state index is -1.31. The first-order chi connectivity index (χ1) is 14.3. The number of hydrogen-bond acceptors (Lipinski definition) is 6. The van der Waals surface area contributed by atoms with E-state index in [1.54, 1.807) is 4.57 Å². The summed E-state index contributed by atoms with van der Waals surface area (Å²) in [4.78, 5) is 35.0. The Morgan fingerprint density at radius 2 is 1.83 bits per heavy atom. The maximum atomic E-state index is 15.0. The molecule has 1 aromatic heterocycles. The fourth-order valence-corrected chi connectivity index (χ4v) is 3.61. The lowest BCUT2D eigenvalue weighted by Crippen LogP contribution is -2.44. The molecular formula is C20H24FN3O6. The Morgan fingerprint density at radius 3 is 2.33 bits per heavy atom. The van der Waals surface area contributed by atoms with Crippen molar-refractivity contribution in [1.29, 1.82) is 0 Å². The molecule has 0 bridgehead atoms. The maximum Gasteiger partial charge on any atom is 0.341 e. The third kappa shape index (κ3) is 4.23. The Kier molecular flexibility index (Phi) is 6.25. The van der Waals surface area contributed by atoms with E-state index in [1.165, 1.54) is 13.3 Å². The van der Waals surface area contributed by atoms with E-state index in [-0.39, 0.29) is 17.0 Å². The molecule has 2 heterocycles. The van der Waals surface area contributed by atoms with Crippen LogP contribution in [0.5, 0.6) is 5.75 Å². The summed E-state index contributed by atoms with van der Waals surface area (Å²) in [6.07, 6.45) is 3.15. The summed E-state index contributed by atoms with van der Waals surface area (Å²) in [6, 6.07) is 1.26. The lowest BCUT2D eigenvalue weighted by molar-refractivity contribution is -0.134. The number of nitrogens with one attached hydrogen (secondary N) is 1. The third-order valence-corrected chi connectivity index (χ3v) is 5.01. The number of rotatable bonds is 4. The van der Waals surface area contributed by atoms with Crippen molar-refractivity contribution in [3.05, 3.63) is 33.9 Å². The van der Waals surface area contributed by atoms with Crippen LogP contribution >= 0.6 is 0 Å². The van der Waals surface area contributed by atoms with Crippen LogP contribution in [0.1, 0.15) is 36.2 Å². The molecular weight excluding hydrogens is 397 g/mol. The summed E-state index contributed by atoms with van der Waals surface area (Å²) < 4.78 is 22.3. The van der Waals surface area contributed by atoms with E-state index < -0.39 is 23.2 Å². The molecule has 0 radical (unpaired) electrons. The predicted octanol–water partition coefficient (Wildman–Crippen LogP) is 1.68. The second kappa shape index (κ2) is 8.70. The van der Waals surface area contributed by atoms with E-state index >= 15 is 0 Å². The second-order valence-corrected chi connectivity index (χ2v) is 7.21. The number of aromatic nitrogens is 1. The predicted molar refractivity (Wildman–Crippen MR) is 108 cm³/mol. The van der Waals surface area contributed by atoms with Gasteiger partial charge in [-0.05, 0) is 18.9 Å². The number of carboxylic acids is 2. The van der Waals surface area contributed by atoms with Crippen LogP contribution in [0.15, 0.2) is 17.1 Å². The van der Waals surface area contributed by atoms with E-state index in [2.05, 4.69) is 5.32 Å². The number of aliphatic carboxylic acids is 1. The molecule has 1 aliphatic heterocycles. The normalized spacial score (nSPS) is 16.0. The highest BCUT2D eigenvalue weighted by Gasteiger charge is 2.31. The zero-order valence-corrected chi connectivity index (χ0v) is 16.8. The van der Waals surface area contributed by atoms with E-state index in [9.17, 15) is 19.1 Å². The molecule has 0 amide bonds. The first-order valence-corrected chi connectivity index (χ1v) is 9.60. The smallest absolute Gasteiger partial charge is 0.341 e. The average Bonchev–Trinajstić information content (AvgIpc) is 3.53. The summed E-state index contributed by atoms with van der Waals surface area (Å²) in [5, 5.41) is 20.0. The molecule has 2 fully saturated rings. The van der Waals surface area contributed by atoms with Crippen LogP contribution in [0.2, 0.25) is 0 Å². The molecule has 0 unspecified atom stereocenters. The molecule has 1 aliphatic carbocycles. The molecule has 162 valence electrons. The topological polar surface area (TPSA) is 121 Å². The van der Waals surface area contributed by atoms with E-state index in [1.807, 2.05) is 4.90 Å². The van der Waals surface area contributed by atoms with Crippen molar-refractivity contribution in [2.75, 3.05) is 38.2 Å². The highest BCUT2D eigenvalue weighted by atomic mass is 19.1. The van der Waals surface area contributed by atoms with Crippen LogP contribution in [0, 0.1) is 5.82 Å². The lowest BCUT2D eigenvalue weighted by atomic mass is 10.1. The van der Waals surface area contributed by atoms with Gasteiger partial charge in [0, 0.05) is 45.3 Å². The minimum Gasteiger partial charge on any atom is -0.492 e. The third-order valence-electron chi connectivity index (χ3n) is 5.01. The van der Waals surface area contributed by atoms with Crippen molar-refractivity contribution in [1.82, 2.24) is 9.88 Å². The molecule has 3 N–H and O–H groups in total. The van der Waals surface area contributed by atoms with Gasteiger partial charge < -0.3 is 29.7 Å². The number of nitrogens with zero attached hydrogens (tertiary/aromatic N) is 2. The molecule has 10 heteroatoms. The number of aromatic carboxylic acids is 1. The van der Waals surface area contributed by atoms with E-state index in [0.717, 1.165) is 38.9 Å². The Balaban J connectivity index is 0.000000589. The highest BCUT2D eigenvalue weighted by Crippen LogP contribution is 2.43. The van der Waals surface area contributed by atoms with Gasteiger partial charge in [-0.2, -0.15) is 0 Å². The van der Waals surface area contributed by atoms with Gasteiger partial charge in [-0.25, -0.2) is 9.18 Å². The number of carbonyl (C=O) groups is 2. The number of piperazine rings is 1. The number of fused-ring (bicyclic) bond motifs is 1. The largest absolute Gasteiger partial charge is 0.492 e. The molecule has 9 nitrogen and oxygen atoms in total. The fourth-order valence-electron chi connectivity index (χ4n) is 3.61. The first-order valence-electron chi connectivity index (χ1n) is 9.60. The molecule has 30 heavy (non-hydrogen) atoms. The Morgan fingerprint density at radius 1 is 1.23 bits per heavy atom. The summed E-state index contributed by atoms with van der Waals surface area (Å²) in [7, 11) is 1.45. The maximum absolute atomic E-state index is 15.0. The number of anilines is 1. The SMILES string of the molecule is CC(=O)O.COc1c(N2CCNCC2)c(F)cc2c(=O)c(C(=O)O)cn(C3CC3)c12. The van der Waals surface area contributed by atoms with Gasteiger partial charge in [0.05, 0.1) is 18.0 Å². The van der Waals surface area contributed by atoms with Crippen LogP contribution in [-0.2, 0) is 4.79 Å². The number of pyridine rings is 1. The molecule has 1 saturated heterocycles. The number of carboxylic acid groups (broad SMARTS) is 2. The Hall–Kier alpha value is -3.14. The van der Waals surface area contributed by atoms with Gasteiger partial charge in [-0.1, -0.05) is 0 Å². The fraction of sp³-hybridized carbons (Fsp3) is 0.450. The van der Waals surface area contributed by atoms with Crippen LogP contribution < -0.4 is 20.4 Å². The van der Waals surface area contributed by atoms with Gasteiger partial charge in [-0.3, -0.25) is 9.59 Å². The van der Waals surface area contributed by atoms with Crippen LogP contribution in [0.4, 0.5) is 10.1 Å². The monoisotopic (exact) mass is 421 g/mol. The van der Waals surface area contributed by atoms with Gasteiger partial charge in [0.2, 0.25) is 5.43 Å². The number of halogens is 1. The van der Waals surface area contributed by atoms with Crippen molar-refractivity contribution in [2.45, 2.75) is 25.8 Å². The molecule has 2 aliphatic rings. The summed E-state index contributed by atoms with van der Waals surface area (Å²) in [6.45, 7) is 3.79. The van der Waals surface area contributed by atoms with Crippen molar-refractivity contribution in [3.63, 3.8) is 0 Å². The molecule has 0 spiro atoms. The summed E-state index contributed by atoms with van der Waals surface area (Å²) in [5.74, 6) is -2.42. The standard InChI is InChI=1S/C18H20FN3O4.C2H4O2/c1-26-17-14-11(8-13(19)15(17)21-6-4-20-5-7-21)16(23)12(18(24)25)9-22(14)10-2-3-10;1-2(3)4/h8-10,20H,2-7H2,1H3,(H,24,25);1H3,(H,3,4). The molecule has 4 rings (SSSR count). The molecule has 0 atom stereocenters. The number of methoxy groups -OCH3 is 1. The van der Waals surface area contributed by atoms with Gasteiger partial charge in [-0.15, -0.1) is 0 Å². The van der Waals surface area contributed by atoms with E-state index in [0.29, 0.717) is 30.0 Å². The summed E-state index contributed by atoms with van der Waals surface area (Å²) in [5.41, 5.74) is -0.229. The average molecular weight is 421 g/mol. The Labute approximate surface area is 171 Å². The number of hydrogen-bond donors (Lipinski definition) is 3. The minimum absolute atomic E-state index is 0.0463. The highest BCUT2D eigenvalue weighted by molar-refractivity contribution is 5.97. The lowest BCUT2D eigenvalue weighted by Gasteiger charge is -2.31. The van der Waals surface area contributed by atoms with Crippen molar-refractivity contribution in [2.24, 2.45) is 0 Å². The second-order valence-electron chi connectivity index (χ2n) is 7.21. The van der Waals surface area contributed by atoms with Gasteiger partial charge in [0.1, 0.15) is 11.3 Å². The van der Waals surface area contributed by atoms with Crippen molar-refractivity contribution in [3.8, 4) is 5.75 Å².